The summed E-state index contributed by atoms with van der Waals surface area (Å²) in [5.41, 5.74) is 1.11. The first-order valence-corrected chi connectivity index (χ1v) is 7.67. The molecule has 0 radical (unpaired) electrons. The Morgan fingerprint density at radius 3 is 2.62 bits per heavy atom. The molecule has 1 aliphatic carbocycles. The van der Waals surface area contributed by atoms with Crippen LogP contribution in [0.5, 0.6) is 0 Å². The SMILES string of the molecule is CN(CC(O)COCc1ccccc1)C1CCC(=O)CC1. The summed E-state index contributed by atoms with van der Waals surface area (Å²) in [4.78, 5) is 13.4. The summed E-state index contributed by atoms with van der Waals surface area (Å²) in [6, 6.07) is 10.4. The van der Waals surface area contributed by atoms with Crippen LogP contribution in [0.4, 0.5) is 0 Å². The second-order valence-corrected chi connectivity index (χ2v) is 5.86. The number of carbonyl (C=O) groups is 1. The van der Waals surface area contributed by atoms with Crippen LogP contribution in [-0.4, -0.2) is 48.1 Å². The highest BCUT2D eigenvalue weighted by molar-refractivity contribution is 5.79. The van der Waals surface area contributed by atoms with Crippen molar-refractivity contribution in [1.82, 2.24) is 4.90 Å². The van der Waals surface area contributed by atoms with Gasteiger partial charge in [-0.2, -0.15) is 0 Å². The van der Waals surface area contributed by atoms with Crippen LogP contribution in [0.15, 0.2) is 30.3 Å². The number of rotatable bonds is 7. The van der Waals surface area contributed by atoms with Crippen LogP contribution >= 0.6 is 0 Å². The maximum absolute atomic E-state index is 11.2. The third kappa shape index (κ3) is 5.58. The highest BCUT2D eigenvalue weighted by Crippen LogP contribution is 2.19. The summed E-state index contributed by atoms with van der Waals surface area (Å²) in [5, 5.41) is 10.0. The minimum Gasteiger partial charge on any atom is -0.389 e. The molecular formula is C17H25NO3. The van der Waals surface area contributed by atoms with Crippen molar-refractivity contribution in [1.29, 1.82) is 0 Å². The van der Waals surface area contributed by atoms with Gasteiger partial charge in [-0.1, -0.05) is 30.3 Å². The number of aliphatic hydroxyl groups is 1. The minimum absolute atomic E-state index is 0.338. The summed E-state index contributed by atoms with van der Waals surface area (Å²) in [5.74, 6) is 0.367. The van der Waals surface area contributed by atoms with Gasteiger partial charge < -0.3 is 14.7 Å². The van der Waals surface area contributed by atoms with Crippen molar-refractivity contribution in [2.45, 2.75) is 44.4 Å². The zero-order valence-electron chi connectivity index (χ0n) is 12.7. The number of hydrogen-bond acceptors (Lipinski definition) is 4. The van der Waals surface area contributed by atoms with Crippen LogP contribution in [0, 0.1) is 0 Å². The van der Waals surface area contributed by atoms with E-state index in [1.54, 1.807) is 0 Å². The lowest BCUT2D eigenvalue weighted by Crippen LogP contribution is -2.41. The van der Waals surface area contributed by atoms with E-state index in [9.17, 15) is 9.90 Å². The Hall–Kier alpha value is -1.23. The van der Waals surface area contributed by atoms with E-state index < -0.39 is 6.10 Å². The van der Waals surface area contributed by atoms with Crippen molar-refractivity contribution in [3.05, 3.63) is 35.9 Å². The first-order chi connectivity index (χ1) is 10.1. The van der Waals surface area contributed by atoms with Gasteiger partial charge in [-0.05, 0) is 25.5 Å². The Balaban J connectivity index is 1.64. The molecule has 0 saturated heterocycles. The molecule has 0 amide bonds. The number of aliphatic hydroxyl groups excluding tert-OH is 1. The fourth-order valence-corrected chi connectivity index (χ4v) is 2.79. The summed E-state index contributed by atoms with van der Waals surface area (Å²) >= 11 is 0. The summed E-state index contributed by atoms with van der Waals surface area (Å²) < 4.78 is 5.56. The number of carbonyl (C=O) groups excluding carboxylic acids is 1. The summed E-state index contributed by atoms with van der Waals surface area (Å²) in [6.07, 6.45) is 2.68. The Labute approximate surface area is 126 Å². The van der Waals surface area contributed by atoms with Gasteiger partial charge in [0.05, 0.1) is 19.3 Å². The van der Waals surface area contributed by atoms with Gasteiger partial charge in [0.2, 0.25) is 0 Å². The van der Waals surface area contributed by atoms with Crippen molar-refractivity contribution in [2.75, 3.05) is 20.2 Å². The number of nitrogens with zero attached hydrogens (tertiary/aromatic N) is 1. The second kappa shape index (κ2) is 8.27. The van der Waals surface area contributed by atoms with Crippen LogP contribution in [0.1, 0.15) is 31.2 Å². The molecule has 0 aromatic heterocycles. The van der Waals surface area contributed by atoms with Crippen molar-refractivity contribution in [3.63, 3.8) is 0 Å². The molecule has 116 valence electrons. The van der Waals surface area contributed by atoms with E-state index in [0.29, 0.717) is 44.4 Å². The Morgan fingerprint density at radius 2 is 1.95 bits per heavy atom. The maximum Gasteiger partial charge on any atom is 0.133 e. The number of ketones is 1. The average Bonchev–Trinajstić information content (AvgIpc) is 2.49. The number of benzene rings is 1. The smallest absolute Gasteiger partial charge is 0.133 e. The normalized spacial score (nSPS) is 18.1. The fraction of sp³-hybridized carbons (Fsp3) is 0.588. The molecule has 2 rings (SSSR count). The second-order valence-electron chi connectivity index (χ2n) is 5.86. The lowest BCUT2D eigenvalue weighted by molar-refractivity contribution is -0.121. The standard InChI is InChI=1S/C17H25NO3/c1-18(15-7-9-16(19)10-8-15)11-17(20)13-21-12-14-5-3-2-4-6-14/h2-6,15,17,20H,7-13H2,1H3. The van der Waals surface area contributed by atoms with Gasteiger partial charge in [0.15, 0.2) is 0 Å². The van der Waals surface area contributed by atoms with E-state index >= 15 is 0 Å². The number of ether oxygens (including phenoxy) is 1. The van der Waals surface area contributed by atoms with E-state index in [0.717, 1.165) is 18.4 Å². The molecule has 4 nitrogen and oxygen atoms in total. The van der Waals surface area contributed by atoms with Gasteiger partial charge in [-0.3, -0.25) is 4.79 Å². The van der Waals surface area contributed by atoms with E-state index in [1.807, 2.05) is 37.4 Å². The third-order valence-corrected chi connectivity index (χ3v) is 4.06. The van der Waals surface area contributed by atoms with E-state index in [-0.39, 0.29) is 0 Å². The van der Waals surface area contributed by atoms with E-state index in [2.05, 4.69) is 4.90 Å². The fourth-order valence-electron chi connectivity index (χ4n) is 2.79. The summed E-state index contributed by atoms with van der Waals surface area (Å²) in [7, 11) is 2.01. The lowest BCUT2D eigenvalue weighted by atomic mass is 9.93. The molecule has 1 aromatic rings. The summed E-state index contributed by atoms with van der Waals surface area (Å²) in [6.45, 7) is 1.46. The number of likely N-dealkylation sites (N-methyl/N-ethyl adjacent to an activating group) is 1. The molecule has 0 bridgehead atoms. The van der Waals surface area contributed by atoms with Crippen molar-refractivity contribution in [2.24, 2.45) is 0 Å². The molecule has 1 aromatic carbocycles. The molecule has 1 saturated carbocycles. The van der Waals surface area contributed by atoms with Crippen LogP contribution in [0.2, 0.25) is 0 Å². The minimum atomic E-state index is -0.489. The van der Waals surface area contributed by atoms with E-state index in [1.165, 1.54) is 0 Å². The van der Waals surface area contributed by atoms with Crippen LogP contribution in [0.25, 0.3) is 0 Å². The predicted molar refractivity (Wildman–Crippen MR) is 82.0 cm³/mol. The van der Waals surface area contributed by atoms with Gasteiger partial charge >= 0.3 is 0 Å². The van der Waals surface area contributed by atoms with Gasteiger partial charge in [0.25, 0.3) is 0 Å². The molecule has 1 atom stereocenters. The first-order valence-electron chi connectivity index (χ1n) is 7.67. The molecule has 21 heavy (non-hydrogen) atoms. The van der Waals surface area contributed by atoms with Crippen LogP contribution < -0.4 is 0 Å². The first kappa shape index (κ1) is 16.1. The van der Waals surface area contributed by atoms with Crippen molar-refractivity contribution < 1.29 is 14.6 Å². The van der Waals surface area contributed by atoms with Gasteiger partial charge in [0.1, 0.15) is 5.78 Å². The van der Waals surface area contributed by atoms with Crippen LogP contribution in [0.3, 0.4) is 0 Å². The molecule has 4 heteroatoms. The van der Waals surface area contributed by atoms with E-state index in [4.69, 9.17) is 4.74 Å². The highest BCUT2D eigenvalue weighted by Gasteiger charge is 2.23. The topological polar surface area (TPSA) is 49.8 Å². The monoisotopic (exact) mass is 291 g/mol. The molecular weight excluding hydrogens is 266 g/mol. The Morgan fingerprint density at radius 1 is 1.29 bits per heavy atom. The highest BCUT2D eigenvalue weighted by atomic mass is 16.5. The Kier molecular flexibility index (Phi) is 6.36. The van der Waals surface area contributed by atoms with Crippen molar-refractivity contribution in [3.8, 4) is 0 Å². The van der Waals surface area contributed by atoms with Gasteiger partial charge in [-0.15, -0.1) is 0 Å². The zero-order valence-corrected chi connectivity index (χ0v) is 12.7. The molecule has 0 aliphatic heterocycles. The van der Waals surface area contributed by atoms with Gasteiger partial charge in [0, 0.05) is 25.4 Å². The average molecular weight is 291 g/mol. The molecule has 0 heterocycles. The quantitative estimate of drug-likeness (QED) is 0.835. The molecule has 1 fully saturated rings. The molecule has 1 N–H and O–H groups in total. The molecule has 1 unspecified atom stereocenters. The largest absolute Gasteiger partial charge is 0.389 e. The molecule has 1 aliphatic rings. The maximum atomic E-state index is 11.2. The third-order valence-electron chi connectivity index (χ3n) is 4.06. The number of Topliss-reactive ketones (excluding diaryl/α,β-unsaturated/α-hetero) is 1. The lowest BCUT2D eigenvalue weighted by Gasteiger charge is -2.32. The van der Waals surface area contributed by atoms with Gasteiger partial charge in [-0.25, -0.2) is 0 Å². The number of hydrogen-bond donors (Lipinski definition) is 1. The zero-order chi connectivity index (χ0) is 15.1. The molecule has 0 spiro atoms. The Bertz CT molecular complexity index is 425. The predicted octanol–water partition coefficient (Wildman–Crippen LogP) is 2.01. The van der Waals surface area contributed by atoms with Crippen molar-refractivity contribution >= 4 is 5.78 Å². The van der Waals surface area contributed by atoms with Crippen LogP contribution in [-0.2, 0) is 16.1 Å².